The van der Waals surface area contributed by atoms with E-state index in [1.807, 2.05) is 25.1 Å². The van der Waals surface area contributed by atoms with E-state index >= 15 is 0 Å². The lowest BCUT2D eigenvalue weighted by molar-refractivity contribution is 0.0660. The summed E-state index contributed by atoms with van der Waals surface area (Å²) in [4.78, 5) is 24.0. The van der Waals surface area contributed by atoms with Gasteiger partial charge in [-0.25, -0.2) is 4.79 Å². The van der Waals surface area contributed by atoms with Crippen molar-refractivity contribution in [3.05, 3.63) is 47.4 Å². The second-order valence-electron chi connectivity index (χ2n) is 6.11. The third kappa shape index (κ3) is 4.63. The molecule has 0 fully saturated rings. The number of nitrogens with one attached hydrogen (secondary N) is 1. The molecular weight excluding hydrogens is 314 g/mol. The van der Waals surface area contributed by atoms with Crippen molar-refractivity contribution >= 4 is 29.3 Å². The van der Waals surface area contributed by atoms with Gasteiger partial charge in [0.25, 0.3) is 5.91 Å². The highest BCUT2D eigenvalue weighted by molar-refractivity contribution is 8.00. The van der Waals surface area contributed by atoms with E-state index in [1.54, 1.807) is 11.8 Å². The molecule has 0 radical (unpaired) electrons. The average molecular weight is 333 g/mol. The Morgan fingerprint density at radius 1 is 1.13 bits per heavy atom. The molecule has 0 aliphatic rings. The molecule has 5 nitrogen and oxygen atoms in total. The smallest absolute Gasteiger partial charge is 0.371 e. The molecule has 23 heavy (non-hydrogen) atoms. The fourth-order valence-corrected chi connectivity index (χ4v) is 3.03. The number of carboxylic acids is 1. The second-order valence-corrected chi connectivity index (χ2v) is 8.01. The van der Waals surface area contributed by atoms with Gasteiger partial charge in [0.05, 0.1) is 0 Å². The lowest BCUT2D eigenvalue weighted by Crippen LogP contribution is -2.12. The lowest BCUT2D eigenvalue weighted by atomic mass is 10.2. The highest BCUT2D eigenvalue weighted by Gasteiger charge is 2.16. The van der Waals surface area contributed by atoms with Crippen LogP contribution in [0.2, 0.25) is 0 Å². The Balaban J connectivity index is 2.13. The molecule has 2 rings (SSSR count). The van der Waals surface area contributed by atoms with Gasteiger partial charge in [0.15, 0.2) is 5.76 Å². The third-order valence-electron chi connectivity index (χ3n) is 2.91. The van der Waals surface area contributed by atoms with Gasteiger partial charge in [-0.3, -0.25) is 4.79 Å². The molecule has 1 aromatic heterocycles. The van der Waals surface area contributed by atoms with Crippen molar-refractivity contribution in [3.63, 3.8) is 0 Å². The number of carbonyl (C=O) groups is 2. The van der Waals surface area contributed by atoms with Gasteiger partial charge in [-0.15, -0.1) is 11.8 Å². The van der Waals surface area contributed by atoms with E-state index < -0.39 is 11.9 Å². The Morgan fingerprint density at radius 2 is 1.78 bits per heavy atom. The number of anilines is 1. The maximum Gasteiger partial charge on any atom is 0.371 e. The van der Waals surface area contributed by atoms with Crippen LogP contribution in [0.1, 0.15) is 47.4 Å². The molecule has 0 aliphatic heterocycles. The zero-order valence-electron chi connectivity index (χ0n) is 13.5. The molecule has 0 aliphatic carbocycles. The molecular formula is C17H19NO4S. The Bertz CT molecular complexity index is 743. The molecule has 0 atom stereocenters. The van der Waals surface area contributed by atoms with Crippen LogP contribution in [0.4, 0.5) is 5.69 Å². The largest absolute Gasteiger partial charge is 0.475 e. The van der Waals surface area contributed by atoms with Crippen molar-refractivity contribution < 1.29 is 19.1 Å². The van der Waals surface area contributed by atoms with E-state index in [4.69, 9.17) is 9.52 Å². The van der Waals surface area contributed by atoms with Crippen molar-refractivity contribution in [1.29, 1.82) is 0 Å². The molecule has 1 heterocycles. The first-order valence-corrected chi connectivity index (χ1v) is 7.91. The summed E-state index contributed by atoms with van der Waals surface area (Å²) in [5.41, 5.74) is 1.60. The summed E-state index contributed by atoms with van der Waals surface area (Å²) in [7, 11) is 0. The van der Waals surface area contributed by atoms with Crippen LogP contribution < -0.4 is 5.32 Å². The number of amides is 1. The van der Waals surface area contributed by atoms with Gasteiger partial charge in [0.2, 0.25) is 5.76 Å². The van der Waals surface area contributed by atoms with E-state index in [0.29, 0.717) is 5.69 Å². The fraction of sp³-hybridized carbons (Fsp3) is 0.294. The Kier molecular flexibility index (Phi) is 4.85. The van der Waals surface area contributed by atoms with E-state index in [2.05, 4.69) is 26.1 Å². The van der Waals surface area contributed by atoms with Gasteiger partial charge in [-0.1, -0.05) is 20.8 Å². The molecule has 0 saturated carbocycles. The van der Waals surface area contributed by atoms with Crippen LogP contribution in [-0.2, 0) is 0 Å². The molecule has 0 spiro atoms. The molecule has 0 bridgehead atoms. The minimum atomic E-state index is -1.20. The number of hydrogen-bond acceptors (Lipinski definition) is 4. The summed E-state index contributed by atoms with van der Waals surface area (Å²) in [6, 6.07) is 8.40. The van der Waals surface area contributed by atoms with Crippen molar-refractivity contribution in [3.8, 4) is 0 Å². The standard InChI is InChI=1S/C17H19NO4S/c1-10-9-11(23-17(2,3)4)5-6-12(10)18-15(19)13-7-8-14(22-13)16(20)21/h5-9H,1-4H3,(H,18,19)(H,20,21). The summed E-state index contributed by atoms with van der Waals surface area (Å²) in [6.45, 7) is 8.33. The van der Waals surface area contributed by atoms with Crippen LogP contribution in [0.3, 0.4) is 0 Å². The van der Waals surface area contributed by atoms with Crippen LogP contribution >= 0.6 is 11.8 Å². The maximum atomic E-state index is 12.1. The van der Waals surface area contributed by atoms with Crippen LogP contribution in [0.5, 0.6) is 0 Å². The number of rotatable bonds is 4. The third-order valence-corrected chi connectivity index (χ3v) is 4.01. The molecule has 122 valence electrons. The summed E-state index contributed by atoms with van der Waals surface area (Å²) in [6.07, 6.45) is 0. The topological polar surface area (TPSA) is 79.5 Å². The monoisotopic (exact) mass is 333 g/mol. The van der Waals surface area contributed by atoms with Crippen LogP contribution in [0, 0.1) is 6.92 Å². The maximum absolute atomic E-state index is 12.1. The number of carbonyl (C=O) groups excluding carboxylic acids is 1. The van der Waals surface area contributed by atoms with Gasteiger partial charge >= 0.3 is 5.97 Å². The Hall–Kier alpha value is -2.21. The first-order valence-electron chi connectivity index (χ1n) is 7.10. The van der Waals surface area contributed by atoms with Gasteiger partial charge in [-0.05, 0) is 42.8 Å². The normalized spacial score (nSPS) is 11.3. The first kappa shape index (κ1) is 17.1. The molecule has 0 unspecified atom stereocenters. The highest BCUT2D eigenvalue weighted by Crippen LogP contribution is 2.33. The van der Waals surface area contributed by atoms with Crippen LogP contribution in [-0.4, -0.2) is 21.7 Å². The minimum absolute atomic E-state index is 0.0325. The molecule has 1 amide bonds. The van der Waals surface area contributed by atoms with Gasteiger partial charge < -0.3 is 14.8 Å². The lowest BCUT2D eigenvalue weighted by Gasteiger charge is -2.18. The first-order chi connectivity index (χ1) is 10.7. The summed E-state index contributed by atoms with van der Waals surface area (Å²) in [5, 5.41) is 11.5. The molecule has 2 aromatic rings. The molecule has 2 N–H and O–H groups in total. The number of benzene rings is 1. The minimum Gasteiger partial charge on any atom is -0.475 e. The van der Waals surface area contributed by atoms with Crippen molar-refractivity contribution in [1.82, 2.24) is 0 Å². The molecule has 1 aromatic carbocycles. The van der Waals surface area contributed by atoms with Crippen LogP contribution in [0.25, 0.3) is 0 Å². The number of thioether (sulfide) groups is 1. The number of carboxylic acid groups (broad SMARTS) is 1. The van der Waals surface area contributed by atoms with Gasteiger partial charge in [-0.2, -0.15) is 0 Å². The predicted molar refractivity (Wildman–Crippen MR) is 90.4 cm³/mol. The Morgan fingerprint density at radius 3 is 2.30 bits per heavy atom. The van der Waals surface area contributed by atoms with Gasteiger partial charge in [0, 0.05) is 15.3 Å². The predicted octanol–water partition coefficient (Wildman–Crippen LogP) is 4.43. The van der Waals surface area contributed by atoms with E-state index in [-0.39, 0.29) is 16.3 Å². The van der Waals surface area contributed by atoms with Crippen molar-refractivity contribution in [2.75, 3.05) is 5.32 Å². The Labute approximate surface area is 139 Å². The average Bonchev–Trinajstić information content (AvgIpc) is 2.90. The number of aryl methyl sites for hydroxylation is 1. The highest BCUT2D eigenvalue weighted by atomic mass is 32.2. The SMILES string of the molecule is Cc1cc(SC(C)(C)C)ccc1NC(=O)c1ccc(C(=O)O)o1. The van der Waals surface area contributed by atoms with E-state index in [0.717, 1.165) is 10.5 Å². The van der Waals surface area contributed by atoms with E-state index in [9.17, 15) is 9.59 Å². The number of furan rings is 1. The summed E-state index contributed by atoms with van der Waals surface area (Å²) >= 11 is 1.75. The fourth-order valence-electron chi connectivity index (χ4n) is 1.95. The quantitative estimate of drug-likeness (QED) is 0.809. The number of aromatic carboxylic acids is 1. The number of hydrogen-bond donors (Lipinski definition) is 2. The van der Waals surface area contributed by atoms with Crippen molar-refractivity contribution in [2.24, 2.45) is 0 Å². The second kappa shape index (κ2) is 6.50. The summed E-state index contributed by atoms with van der Waals surface area (Å²) < 4.78 is 5.10. The zero-order chi connectivity index (χ0) is 17.2. The van der Waals surface area contributed by atoms with Crippen molar-refractivity contribution in [2.45, 2.75) is 37.3 Å². The molecule has 6 heteroatoms. The summed E-state index contributed by atoms with van der Waals surface area (Å²) in [5.74, 6) is -1.97. The van der Waals surface area contributed by atoms with Gasteiger partial charge in [0.1, 0.15) is 0 Å². The van der Waals surface area contributed by atoms with E-state index in [1.165, 1.54) is 12.1 Å². The van der Waals surface area contributed by atoms with Crippen LogP contribution in [0.15, 0.2) is 39.6 Å². The zero-order valence-corrected chi connectivity index (χ0v) is 14.3. The molecule has 0 saturated heterocycles.